The molecule has 0 bridgehead atoms. The fourth-order valence-electron chi connectivity index (χ4n) is 2.20. The van der Waals surface area contributed by atoms with Crippen LogP contribution in [-0.2, 0) is 6.18 Å². The molecule has 1 aromatic heterocycles. The SMILES string of the molecule is CCC(CC)N(CCN)c1ncc(Br)cc1C(F)(F)F. The Kier molecular flexibility index (Phi) is 6.26. The maximum atomic E-state index is 13.2. The number of hydrogen-bond acceptors (Lipinski definition) is 3. The number of rotatable bonds is 6. The lowest BCUT2D eigenvalue weighted by Crippen LogP contribution is -2.40. The van der Waals surface area contributed by atoms with E-state index in [1.807, 2.05) is 13.8 Å². The molecule has 7 heteroatoms. The summed E-state index contributed by atoms with van der Waals surface area (Å²) in [6.45, 7) is 4.53. The number of halogens is 4. The van der Waals surface area contributed by atoms with Crippen LogP contribution < -0.4 is 10.6 Å². The highest BCUT2D eigenvalue weighted by Gasteiger charge is 2.37. The number of aromatic nitrogens is 1. The lowest BCUT2D eigenvalue weighted by atomic mass is 10.1. The highest BCUT2D eigenvalue weighted by atomic mass is 79.9. The van der Waals surface area contributed by atoms with E-state index in [9.17, 15) is 13.2 Å². The molecule has 0 spiro atoms. The highest BCUT2D eigenvalue weighted by molar-refractivity contribution is 9.10. The molecule has 3 nitrogen and oxygen atoms in total. The van der Waals surface area contributed by atoms with E-state index in [2.05, 4.69) is 20.9 Å². The second kappa shape index (κ2) is 7.26. The molecular weight excluding hydrogens is 335 g/mol. The normalized spacial score (nSPS) is 12.0. The quantitative estimate of drug-likeness (QED) is 0.845. The minimum Gasteiger partial charge on any atom is -0.352 e. The zero-order valence-corrected chi connectivity index (χ0v) is 13.1. The first kappa shape index (κ1) is 17.2. The lowest BCUT2D eigenvalue weighted by molar-refractivity contribution is -0.137. The van der Waals surface area contributed by atoms with Crippen LogP contribution in [0.1, 0.15) is 32.3 Å². The number of pyridine rings is 1. The smallest absolute Gasteiger partial charge is 0.352 e. The molecule has 0 aliphatic carbocycles. The first-order chi connectivity index (χ1) is 9.35. The van der Waals surface area contributed by atoms with Crippen LogP contribution in [0.15, 0.2) is 16.7 Å². The minimum atomic E-state index is -4.44. The van der Waals surface area contributed by atoms with Gasteiger partial charge in [-0.2, -0.15) is 13.2 Å². The van der Waals surface area contributed by atoms with Crippen molar-refractivity contribution < 1.29 is 13.2 Å². The summed E-state index contributed by atoms with van der Waals surface area (Å²) in [5.41, 5.74) is 4.81. The van der Waals surface area contributed by atoms with Crippen molar-refractivity contribution in [3.63, 3.8) is 0 Å². The second-order valence-corrected chi connectivity index (χ2v) is 5.39. The van der Waals surface area contributed by atoms with Crippen LogP contribution in [0.4, 0.5) is 19.0 Å². The fraction of sp³-hybridized carbons (Fsp3) is 0.615. The maximum absolute atomic E-state index is 13.2. The maximum Gasteiger partial charge on any atom is 0.419 e. The highest BCUT2D eigenvalue weighted by Crippen LogP contribution is 2.37. The number of anilines is 1. The Balaban J connectivity index is 3.32. The molecule has 0 saturated heterocycles. The van der Waals surface area contributed by atoms with Gasteiger partial charge in [-0.05, 0) is 34.8 Å². The predicted octanol–water partition coefficient (Wildman–Crippen LogP) is 3.82. The molecule has 0 radical (unpaired) electrons. The molecule has 0 unspecified atom stereocenters. The molecule has 0 amide bonds. The van der Waals surface area contributed by atoms with Crippen LogP contribution in [-0.4, -0.2) is 24.1 Å². The number of nitrogens with two attached hydrogens (primary N) is 1. The molecule has 20 heavy (non-hydrogen) atoms. The summed E-state index contributed by atoms with van der Waals surface area (Å²) < 4.78 is 39.9. The Morgan fingerprint density at radius 2 is 1.95 bits per heavy atom. The molecule has 0 aliphatic heterocycles. The van der Waals surface area contributed by atoms with Gasteiger partial charge >= 0.3 is 6.18 Å². The number of alkyl halides is 3. The summed E-state index contributed by atoms with van der Waals surface area (Å²) in [6, 6.07) is 1.06. The van der Waals surface area contributed by atoms with Crippen LogP contribution in [0.2, 0.25) is 0 Å². The van der Waals surface area contributed by atoms with E-state index in [1.54, 1.807) is 4.90 Å². The van der Waals surface area contributed by atoms with E-state index in [0.29, 0.717) is 11.0 Å². The first-order valence-electron chi connectivity index (χ1n) is 6.54. The van der Waals surface area contributed by atoms with Gasteiger partial charge in [0.25, 0.3) is 0 Å². The van der Waals surface area contributed by atoms with Gasteiger partial charge in [0.05, 0.1) is 5.56 Å². The molecule has 0 aromatic carbocycles. The molecule has 0 saturated carbocycles. The number of hydrogen-bond donors (Lipinski definition) is 1. The average molecular weight is 354 g/mol. The van der Waals surface area contributed by atoms with Crippen molar-refractivity contribution in [2.24, 2.45) is 5.73 Å². The van der Waals surface area contributed by atoms with Crippen molar-refractivity contribution in [3.8, 4) is 0 Å². The molecule has 0 fully saturated rings. The van der Waals surface area contributed by atoms with Gasteiger partial charge in [-0.15, -0.1) is 0 Å². The van der Waals surface area contributed by atoms with Gasteiger partial charge in [-0.3, -0.25) is 0 Å². The van der Waals surface area contributed by atoms with Crippen LogP contribution in [0.3, 0.4) is 0 Å². The molecule has 1 heterocycles. The van der Waals surface area contributed by atoms with E-state index in [0.717, 1.165) is 18.9 Å². The molecule has 114 valence electrons. The van der Waals surface area contributed by atoms with Gasteiger partial charge in [0.2, 0.25) is 0 Å². The van der Waals surface area contributed by atoms with Crippen LogP contribution >= 0.6 is 15.9 Å². The van der Waals surface area contributed by atoms with Gasteiger partial charge in [0.15, 0.2) is 0 Å². The predicted molar refractivity (Wildman–Crippen MR) is 77.7 cm³/mol. The van der Waals surface area contributed by atoms with Crippen molar-refractivity contribution >= 4 is 21.7 Å². The topological polar surface area (TPSA) is 42.1 Å². The molecular formula is C13H19BrF3N3. The summed E-state index contributed by atoms with van der Waals surface area (Å²) in [5.74, 6) is -0.0418. The van der Waals surface area contributed by atoms with E-state index < -0.39 is 11.7 Å². The summed E-state index contributed by atoms with van der Waals surface area (Å²) in [7, 11) is 0. The summed E-state index contributed by atoms with van der Waals surface area (Å²) in [6.07, 6.45) is -1.57. The third-order valence-electron chi connectivity index (χ3n) is 3.16. The first-order valence-corrected chi connectivity index (χ1v) is 7.33. The van der Waals surface area contributed by atoms with Gasteiger partial charge in [0, 0.05) is 29.8 Å². The Bertz CT molecular complexity index is 433. The van der Waals surface area contributed by atoms with Gasteiger partial charge < -0.3 is 10.6 Å². The van der Waals surface area contributed by atoms with Gasteiger partial charge in [-0.25, -0.2) is 4.98 Å². The molecule has 1 aromatic rings. The van der Waals surface area contributed by atoms with Crippen LogP contribution in [0, 0.1) is 0 Å². The van der Waals surface area contributed by atoms with Crippen LogP contribution in [0.25, 0.3) is 0 Å². The molecule has 0 aliphatic rings. The summed E-state index contributed by atoms with van der Waals surface area (Å²) in [5, 5.41) is 0. The molecule has 2 N–H and O–H groups in total. The Morgan fingerprint density at radius 1 is 1.35 bits per heavy atom. The van der Waals surface area contributed by atoms with Crippen molar-refractivity contribution in [2.75, 3.05) is 18.0 Å². The van der Waals surface area contributed by atoms with E-state index in [-0.39, 0.29) is 18.4 Å². The van der Waals surface area contributed by atoms with Crippen molar-refractivity contribution in [2.45, 2.75) is 38.9 Å². The fourth-order valence-corrected chi connectivity index (χ4v) is 2.53. The molecule has 1 rings (SSSR count). The third kappa shape index (κ3) is 4.09. The number of nitrogens with zero attached hydrogens (tertiary/aromatic N) is 2. The Labute approximate surface area is 125 Å². The van der Waals surface area contributed by atoms with E-state index in [4.69, 9.17) is 5.73 Å². The zero-order chi connectivity index (χ0) is 15.3. The van der Waals surface area contributed by atoms with Gasteiger partial charge in [-0.1, -0.05) is 13.8 Å². The van der Waals surface area contributed by atoms with Crippen LogP contribution in [0.5, 0.6) is 0 Å². The average Bonchev–Trinajstić information content (AvgIpc) is 2.38. The van der Waals surface area contributed by atoms with E-state index >= 15 is 0 Å². The monoisotopic (exact) mass is 353 g/mol. The minimum absolute atomic E-state index is 0.00618. The third-order valence-corrected chi connectivity index (χ3v) is 3.60. The standard InChI is InChI=1S/C13H19BrF3N3/c1-3-10(4-2)20(6-5-18)12-11(13(15,16)17)7-9(14)8-19-12/h7-8,10H,3-6,18H2,1-2H3. The molecule has 0 atom stereocenters. The largest absolute Gasteiger partial charge is 0.419 e. The van der Waals surface area contributed by atoms with Crippen molar-refractivity contribution in [1.82, 2.24) is 4.98 Å². The second-order valence-electron chi connectivity index (χ2n) is 4.47. The summed E-state index contributed by atoms with van der Waals surface area (Å²) in [4.78, 5) is 5.65. The van der Waals surface area contributed by atoms with E-state index in [1.165, 1.54) is 6.20 Å². The van der Waals surface area contributed by atoms with Crippen molar-refractivity contribution in [3.05, 3.63) is 22.3 Å². The van der Waals surface area contributed by atoms with Crippen molar-refractivity contribution in [1.29, 1.82) is 0 Å². The summed E-state index contributed by atoms with van der Waals surface area (Å²) >= 11 is 3.04. The lowest BCUT2D eigenvalue weighted by Gasteiger charge is -2.33. The van der Waals surface area contributed by atoms with Gasteiger partial charge in [0.1, 0.15) is 5.82 Å². The Hall–Kier alpha value is -0.820. The Morgan fingerprint density at radius 3 is 2.40 bits per heavy atom. The zero-order valence-electron chi connectivity index (χ0n) is 11.5.